The summed E-state index contributed by atoms with van der Waals surface area (Å²) in [6.45, 7) is 8.13. The number of benzene rings is 2. The molecule has 21 heavy (non-hydrogen) atoms. The van der Waals surface area contributed by atoms with E-state index in [1.165, 1.54) is 11.1 Å². The van der Waals surface area contributed by atoms with E-state index >= 15 is 0 Å². The van der Waals surface area contributed by atoms with Crippen LogP contribution in [0.2, 0.25) is 0 Å². The number of amides is 1. The highest BCUT2D eigenvalue weighted by atomic mass is 79.9. The van der Waals surface area contributed by atoms with Crippen molar-refractivity contribution in [3.63, 3.8) is 0 Å². The van der Waals surface area contributed by atoms with Gasteiger partial charge in [-0.1, -0.05) is 29.8 Å². The number of hydrogen-bond acceptors (Lipinski definition) is 1. The summed E-state index contributed by atoms with van der Waals surface area (Å²) in [5.41, 5.74) is 6.50. The molecule has 0 saturated carbocycles. The Morgan fingerprint density at radius 2 is 1.71 bits per heavy atom. The Kier molecular flexibility index (Phi) is 4.84. The Balaban J connectivity index is 2.17. The molecule has 2 aromatic carbocycles. The van der Waals surface area contributed by atoms with Crippen molar-refractivity contribution in [1.82, 2.24) is 0 Å². The van der Waals surface area contributed by atoms with E-state index in [4.69, 9.17) is 0 Å². The van der Waals surface area contributed by atoms with Gasteiger partial charge in [0.1, 0.15) is 0 Å². The second-order valence-corrected chi connectivity index (χ2v) is 6.45. The summed E-state index contributed by atoms with van der Waals surface area (Å²) >= 11 is 3.52. The topological polar surface area (TPSA) is 29.1 Å². The molecule has 0 saturated heterocycles. The summed E-state index contributed by atoms with van der Waals surface area (Å²) in [6.07, 6.45) is 0.396. The number of hydrogen-bond donors (Lipinski definition) is 1. The molecule has 0 aliphatic heterocycles. The largest absolute Gasteiger partial charge is 0.325 e. The molecule has 0 spiro atoms. The monoisotopic (exact) mass is 345 g/mol. The van der Waals surface area contributed by atoms with Crippen LogP contribution in [-0.2, 0) is 11.2 Å². The standard InChI is InChI=1S/C18H20BrNO/c1-11-5-6-13(3)15(8-11)10-17(21)20-18-14(4)7-12(2)9-16(18)19/h5-9H,10H2,1-4H3,(H,20,21). The third-order valence-electron chi connectivity index (χ3n) is 3.55. The third kappa shape index (κ3) is 3.94. The number of rotatable bonds is 3. The lowest BCUT2D eigenvalue weighted by Crippen LogP contribution is -2.16. The van der Waals surface area contributed by atoms with Crippen LogP contribution in [0.15, 0.2) is 34.8 Å². The van der Waals surface area contributed by atoms with Crippen molar-refractivity contribution in [2.45, 2.75) is 34.1 Å². The molecule has 0 bridgehead atoms. The Labute approximate surface area is 134 Å². The molecule has 110 valence electrons. The quantitative estimate of drug-likeness (QED) is 0.845. The van der Waals surface area contributed by atoms with Crippen molar-refractivity contribution in [3.05, 3.63) is 62.6 Å². The Bertz CT molecular complexity index is 669. The fourth-order valence-corrected chi connectivity index (χ4v) is 3.19. The van der Waals surface area contributed by atoms with E-state index < -0.39 is 0 Å². The van der Waals surface area contributed by atoms with Gasteiger partial charge in [0.05, 0.1) is 12.1 Å². The van der Waals surface area contributed by atoms with Crippen molar-refractivity contribution >= 4 is 27.5 Å². The maximum atomic E-state index is 12.3. The van der Waals surface area contributed by atoms with E-state index in [-0.39, 0.29) is 5.91 Å². The number of carbonyl (C=O) groups is 1. The highest BCUT2D eigenvalue weighted by molar-refractivity contribution is 9.10. The zero-order valence-electron chi connectivity index (χ0n) is 12.9. The smallest absolute Gasteiger partial charge is 0.228 e. The highest BCUT2D eigenvalue weighted by Gasteiger charge is 2.11. The summed E-state index contributed by atoms with van der Waals surface area (Å²) < 4.78 is 0.925. The molecular formula is C18H20BrNO. The molecule has 2 aromatic rings. The van der Waals surface area contributed by atoms with Gasteiger partial charge in [-0.25, -0.2) is 0 Å². The third-order valence-corrected chi connectivity index (χ3v) is 4.18. The van der Waals surface area contributed by atoms with Gasteiger partial charge in [0, 0.05) is 4.47 Å². The summed E-state index contributed by atoms with van der Waals surface area (Å²) in [6, 6.07) is 10.3. The summed E-state index contributed by atoms with van der Waals surface area (Å²) in [5.74, 6) is 0.0105. The van der Waals surface area contributed by atoms with Crippen LogP contribution in [0, 0.1) is 27.7 Å². The van der Waals surface area contributed by atoms with Crippen molar-refractivity contribution in [2.75, 3.05) is 5.32 Å². The minimum Gasteiger partial charge on any atom is -0.325 e. The average Bonchev–Trinajstić information content (AvgIpc) is 2.38. The Hall–Kier alpha value is -1.61. The van der Waals surface area contributed by atoms with Gasteiger partial charge in [-0.2, -0.15) is 0 Å². The number of nitrogens with one attached hydrogen (secondary N) is 1. The maximum absolute atomic E-state index is 12.3. The zero-order valence-corrected chi connectivity index (χ0v) is 14.5. The molecule has 0 aromatic heterocycles. The van der Waals surface area contributed by atoms with Gasteiger partial charge < -0.3 is 5.32 Å². The van der Waals surface area contributed by atoms with Crippen LogP contribution in [0.4, 0.5) is 5.69 Å². The van der Waals surface area contributed by atoms with Crippen LogP contribution in [0.5, 0.6) is 0 Å². The average molecular weight is 346 g/mol. The second kappa shape index (κ2) is 6.44. The van der Waals surface area contributed by atoms with Crippen LogP contribution in [0.3, 0.4) is 0 Å². The van der Waals surface area contributed by atoms with E-state index in [0.717, 1.165) is 26.9 Å². The first-order valence-corrected chi connectivity index (χ1v) is 7.79. The molecule has 1 N–H and O–H groups in total. The van der Waals surface area contributed by atoms with Crippen LogP contribution in [0.25, 0.3) is 0 Å². The van der Waals surface area contributed by atoms with E-state index in [1.54, 1.807) is 0 Å². The predicted octanol–water partition coefficient (Wildman–Crippen LogP) is 4.86. The van der Waals surface area contributed by atoms with E-state index in [0.29, 0.717) is 6.42 Å². The molecule has 0 fully saturated rings. The van der Waals surface area contributed by atoms with Gasteiger partial charge in [0.2, 0.25) is 5.91 Å². The van der Waals surface area contributed by atoms with Gasteiger partial charge in [-0.15, -0.1) is 0 Å². The Morgan fingerprint density at radius 1 is 1.00 bits per heavy atom. The number of carbonyl (C=O) groups excluding carboxylic acids is 1. The predicted molar refractivity (Wildman–Crippen MR) is 91.9 cm³/mol. The first-order valence-electron chi connectivity index (χ1n) is 6.99. The number of halogens is 1. The van der Waals surface area contributed by atoms with Crippen LogP contribution >= 0.6 is 15.9 Å². The molecule has 0 unspecified atom stereocenters. The molecule has 2 nitrogen and oxygen atoms in total. The molecule has 0 aliphatic carbocycles. The second-order valence-electron chi connectivity index (χ2n) is 5.59. The summed E-state index contributed by atoms with van der Waals surface area (Å²) in [4.78, 5) is 12.3. The minimum atomic E-state index is 0.0105. The first-order chi connectivity index (χ1) is 9.86. The van der Waals surface area contributed by atoms with E-state index in [9.17, 15) is 4.79 Å². The van der Waals surface area contributed by atoms with Crippen molar-refractivity contribution in [1.29, 1.82) is 0 Å². The lowest BCUT2D eigenvalue weighted by atomic mass is 10.0. The fraction of sp³-hybridized carbons (Fsp3) is 0.278. The van der Waals surface area contributed by atoms with Gasteiger partial charge in [-0.05, 0) is 71.9 Å². The molecule has 0 heterocycles. The summed E-state index contributed by atoms with van der Waals surface area (Å²) in [7, 11) is 0. The minimum absolute atomic E-state index is 0.0105. The van der Waals surface area contributed by atoms with Crippen LogP contribution in [-0.4, -0.2) is 5.91 Å². The van der Waals surface area contributed by atoms with Gasteiger partial charge >= 0.3 is 0 Å². The van der Waals surface area contributed by atoms with Crippen molar-refractivity contribution < 1.29 is 4.79 Å². The molecule has 0 aliphatic rings. The van der Waals surface area contributed by atoms with Crippen LogP contribution < -0.4 is 5.32 Å². The zero-order chi connectivity index (χ0) is 15.6. The molecule has 1 amide bonds. The SMILES string of the molecule is Cc1cc(C)c(NC(=O)Cc2cc(C)ccc2C)c(Br)c1. The maximum Gasteiger partial charge on any atom is 0.228 e. The van der Waals surface area contributed by atoms with E-state index in [1.807, 2.05) is 33.8 Å². The lowest BCUT2D eigenvalue weighted by molar-refractivity contribution is -0.115. The molecule has 2 rings (SSSR count). The molecule has 0 atom stereocenters. The Morgan fingerprint density at radius 3 is 2.38 bits per heavy atom. The summed E-state index contributed by atoms with van der Waals surface area (Å²) in [5, 5.41) is 3.02. The van der Waals surface area contributed by atoms with Gasteiger partial charge in [0.15, 0.2) is 0 Å². The highest BCUT2D eigenvalue weighted by Crippen LogP contribution is 2.28. The van der Waals surface area contributed by atoms with Crippen LogP contribution in [0.1, 0.15) is 27.8 Å². The van der Waals surface area contributed by atoms with Crippen molar-refractivity contribution in [3.8, 4) is 0 Å². The fourth-order valence-electron chi connectivity index (χ4n) is 2.42. The van der Waals surface area contributed by atoms with Gasteiger partial charge in [0.25, 0.3) is 0 Å². The van der Waals surface area contributed by atoms with E-state index in [2.05, 4.69) is 45.5 Å². The lowest BCUT2D eigenvalue weighted by Gasteiger charge is -2.13. The number of aryl methyl sites for hydroxylation is 4. The molecule has 0 radical (unpaired) electrons. The number of anilines is 1. The first kappa shape index (κ1) is 15.8. The van der Waals surface area contributed by atoms with Gasteiger partial charge in [-0.3, -0.25) is 4.79 Å². The molecule has 3 heteroatoms. The van der Waals surface area contributed by atoms with Crippen molar-refractivity contribution in [2.24, 2.45) is 0 Å². The normalized spacial score (nSPS) is 10.5. The molecular weight excluding hydrogens is 326 g/mol.